The molecule has 0 aliphatic rings. The first-order chi connectivity index (χ1) is 12.3. The molecule has 0 bridgehead atoms. The third-order valence-corrected chi connectivity index (χ3v) is 5.77. The first-order valence-corrected chi connectivity index (χ1v) is 9.35. The summed E-state index contributed by atoms with van der Waals surface area (Å²) in [6.07, 6.45) is 3.55. The van der Waals surface area contributed by atoms with Crippen LogP contribution in [0.4, 0.5) is 0 Å². The number of aromatic amines is 1. The molecule has 122 valence electrons. The average Bonchev–Trinajstić information content (AvgIpc) is 3.39. The van der Waals surface area contributed by atoms with Crippen molar-refractivity contribution in [1.82, 2.24) is 29.5 Å². The van der Waals surface area contributed by atoms with Crippen molar-refractivity contribution in [3.05, 3.63) is 53.9 Å². The molecular weight excluding hydrogens is 352 g/mol. The Kier molecular flexibility index (Phi) is 3.25. The highest BCUT2D eigenvalue weighted by molar-refractivity contribution is 7.19. The molecule has 4 heterocycles. The zero-order valence-electron chi connectivity index (χ0n) is 13.2. The Balaban J connectivity index is 1.77. The average molecular weight is 364 g/mol. The minimum absolute atomic E-state index is 0.728. The summed E-state index contributed by atoms with van der Waals surface area (Å²) in [6.45, 7) is 2.02. The van der Waals surface area contributed by atoms with E-state index in [0.29, 0.717) is 0 Å². The number of aromatic nitrogens is 6. The largest absolute Gasteiger partial charge is 0.288 e. The monoisotopic (exact) mass is 364 g/mol. The van der Waals surface area contributed by atoms with Gasteiger partial charge in [0.05, 0.1) is 16.3 Å². The van der Waals surface area contributed by atoms with Crippen LogP contribution in [0.25, 0.3) is 37.6 Å². The molecule has 6 nitrogen and oxygen atoms in total. The van der Waals surface area contributed by atoms with Gasteiger partial charge < -0.3 is 0 Å². The van der Waals surface area contributed by atoms with E-state index in [1.165, 1.54) is 6.33 Å². The summed E-state index contributed by atoms with van der Waals surface area (Å²) >= 11 is 3.22. The van der Waals surface area contributed by atoms with Crippen LogP contribution in [0.1, 0.15) is 5.69 Å². The number of H-pyrrole nitrogens is 1. The number of nitrogens with one attached hydrogen (secondary N) is 1. The number of aryl methyl sites for hydroxylation is 1. The number of fused-ring (bicyclic) bond motifs is 1. The van der Waals surface area contributed by atoms with Crippen LogP contribution in [0, 0.1) is 6.92 Å². The van der Waals surface area contributed by atoms with Crippen molar-refractivity contribution < 1.29 is 0 Å². The summed E-state index contributed by atoms with van der Waals surface area (Å²) < 4.78 is 2.10. The number of hydrogen-bond donors (Lipinski definition) is 1. The lowest BCUT2D eigenvalue weighted by atomic mass is 10.1. The zero-order valence-corrected chi connectivity index (χ0v) is 14.8. The van der Waals surface area contributed by atoms with Crippen molar-refractivity contribution in [3.8, 4) is 32.7 Å². The van der Waals surface area contributed by atoms with Gasteiger partial charge in [-0.15, -0.1) is 22.7 Å². The van der Waals surface area contributed by atoms with E-state index >= 15 is 0 Å². The number of hydrogen-bond acceptors (Lipinski definition) is 6. The van der Waals surface area contributed by atoms with Crippen LogP contribution in [-0.4, -0.2) is 29.5 Å². The Morgan fingerprint density at radius 3 is 2.80 bits per heavy atom. The summed E-state index contributed by atoms with van der Waals surface area (Å²) in [5.74, 6) is 0.728. The first-order valence-electron chi connectivity index (χ1n) is 7.66. The van der Waals surface area contributed by atoms with Gasteiger partial charge in [-0.25, -0.2) is 15.0 Å². The van der Waals surface area contributed by atoms with E-state index in [2.05, 4.69) is 36.7 Å². The van der Waals surface area contributed by atoms with Crippen LogP contribution < -0.4 is 0 Å². The summed E-state index contributed by atoms with van der Waals surface area (Å²) in [7, 11) is 0. The van der Waals surface area contributed by atoms with Gasteiger partial charge in [0.25, 0.3) is 0 Å². The molecule has 0 amide bonds. The van der Waals surface area contributed by atoms with Crippen LogP contribution >= 0.6 is 22.7 Å². The van der Waals surface area contributed by atoms with Gasteiger partial charge in [-0.3, -0.25) is 9.50 Å². The third kappa shape index (κ3) is 2.30. The van der Waals surface area contributed by atoms with Crippen molar-refractivity contribution >= 4 is 27.6 Å². The molecular formula is C17H12N6S2. The van der Waals surface area contributed by atoms with E-state index in [1.807, 2.05) is 36.7 Å². The molecule has 8 heteroatoms. The summed E-state index contributed by atoms with van der Waals surface area (Å²) in [4.78, 5) is 15.9. The van der Waals surface area contributed by atoms with Crippen LogP contribution in [0.3, 0.4) is 0 Å². The maximum Gasteiger partial charge on any atom is 0.194 e. The molecule has 5 rings (SSSR count). The summed E-state index contributed by atoms with van der Waals surface area (Å²) in [5.41, 5.74) is 3.97. The third-order valence-electron chi connectivity index (χ3n) is 3.94. The van der Waals surface area contributed by atoms with Crippen LogP contribution in [-0.2, 0) is 0 Å². The molecule has 1 N–H and O–H groups in total. The van der Waals surface area contributed by atoms with Crippen molar-refractivity contribution in [3.63, 3.8) is 0 Å². The highest BCUT2D eigenvalue weighted by Crippen LogP contribution is 2.40. The fourth-order valence-electron chi connectivity index (χ4n) is 2.84. The van der Waals surface area contributed by atoms with Crippen molar-refractivity contribution in [1.29, 1.82) is 0 Å². The molecule has 5 aromatic rings. The molecule has 0 spiro atoms. The minimum atomic E-state index is 0.728. The Morgan fingerprint density at radius 2 is 2.00 bits per heavy atom. The number of rotatable bonds is 3. The van der Waals surface area contributed by atoms with E-state index in [1.54, 1.807) is 22.7 Å². The van der Waals surface area contributed by atoms with E-state index in [9.17, 15) is 0 Å². The normalized spacial score (nSPS) is 11.4. The minimum Gasteiger partial charge on any atom is -0.288 e. The molecule has 0 radical (unpaired) electrons. The molecule has 0 fully saturated rings. The van der Waals surface area contributed by atoms with Crippen molar-refractivity contribution in [2.24, 2.45) is 0 Å². The lowest BCUT2D eigenvalue weighted by Gasteiger charge is -1.99. The summed E-state index contributed by atoms with van der Waals surface area (Å²) in [5, 5.41) is 9.91. The fourth-order valence-corrected chi connectivity index (χ4v) is 4.73. The summed E-state index contributed by atoms with van der Waals surface area (Å²) in [6, 6.07) is 10.1. The molecule has 25 heavy (non-hydrogen) atoms. The predicted molar refractivity (Wildman–Crippen MR) is 99.7 cm³/mol. The molecule has 1 aromatic carbocycles. The topological polar surface area (TPSA) is 71.8 Å². The van der Waals surface area contributed by atoms with E-state index in [-0.39, 0.29) is 0 Å². The Hall–Kier alpha value is -2.84. The van der Waals surface area contributed by atoms with E-state index < -0.39 is 0 Å². The van der Waals surface area contributed by atoms with E-state index in [0.717, 1.165) is 43.3 Å². The molecule has 0 aliphatic heterocycles. The smallest absolute Gasteiger partial charge is 0.194 e. The van der Waals surface area contributed by atoms with Gasteiger partial charge in [-0.1, -0.05) is 30.3 Å². The second-order valence-corrected chi connectivity index (χ2v) is 7.37. The second kappa shape index (κ2) is 5.61. The molecule has 4 aromatic heterocycles. The Labute approximate surface area is 150 Å². The first kappa shape index (κ1) is 14.5. The van der Waals surface area contributed by atoms with Gasteiger partial charge in [0.15, 0.2) is 10.8 Å². The van der Waals surface area contributed by atoms with Gasteiger partial charge in [-0.2, -0.15) is 5.10 Å². The lowest BCUT2D eigenvalue weighted by molar-refractivity contribution is 1.10. The molecule has 0 saturated carbocycles. The number of benzene rings is 1. The number of imidazole rings is 1. The maximum atomic E-state index is 4.94. The van der Waals surface area contributed by atoms with Crippen molar-refractivity contribution in [2.75, 3.05) is 0 Å². The maximum absolute atomic E-state index is 4.94. The van der Waals surface area contributed by atoms with Gasteiger partial charge in [-0.05, 0) is 6.92 Å². The second-order valence-electron chi connectivity index (χ2n) is 5.50. The van der Waals surface area contributed by atoms with Crippen LogP contribution in [0.15, 0.2) is 48.2 Å². The molecule has 0 unspecified atom stereocenters. The van der Waals surface area contributed by atoms with E-state index in [4.69, 9.17) is 4.98 Å². The SMILES string of the molecule is Cc1nc2sccn2c1-c1nc(-c2ccccc2)c(-c2ncn[nH]2)s1. The highest BCUT2D eigenvalue weighted by atomic mass is 32.1. The van der Waals surface area contributed by atoms with Gasteiger partial charge in [0.2, 0.25) is 0 Å². The number of thiazole rings is 2. The van der Waals surface area contributed by atoms with Gasteiger partial charge in [0, 0.05) is 17.1 Å². The lowest BCUT2D eigenvalue weighted by Crippen LogP contribution is -1.86. The van der Waals surface area contributed by atoms with Gasteiger partial charge >= 0.3 is 0 Å². The zero-order chi connectivity index (χ0) is 16.8. The number of nitrogens with zero attached hydrogens (tertiary/aromatic N) is 5. The van der Waals surface area contributed by atoms with Crippen LogP contribution in [0.2, 0.25) is 0 Å². The van der Waals surface area contributed by atoms with Crippen molar-refractivity contribution in [2.45, 2.75) is 6.92 Å². The Bertz CT molecular complexity index is 1150. The quantitative estimate of drug-likeness (QED) is 0.519. The standard InChI is InChI=1S/C17H12N6S2/c1-10-13(23-7-8-24-17(23)20-10)16-21-12(11-5-3-2-4-6-11)14(25-16)15-18-9-19-22-15/h2-9H,1H3,(H,18,19,22). The molecule has 0 atom stereocenters. The highest BCUT2D eigenvalue weighted by Gasteiger charge is 2.21. The molecule has 0 saturated heterocycles. The van der Waals surface area contributed by atoms with Gasteiger partial charge in [0.1, 0.15) is 17.0 Å². The van der Waals surface area contributed by atoms with Crippen LogP contribution in [0.5, 0.6) is 0 Å². The fraction of sp³-hybridized carbons (Fsp3) is 0.0588. The molecule has 0 aliphatic carbocycles. The predicted octanol–water partition coefficient (Wildman–Crippen LogP) is 4.28. The Morgan fingerprint density at radius 1 is 1.12 bits per heavy atom.